The zero-order chi connectivity index (χ0) is 41.0. The molecule has 4 heterocycles. The van der Waals surface area contributed by atoms with Gasteiger partial charge in [0.2, 0.25) is 29.3 Å². The number of aliphatic imine (C=N–C) groups is 1. The summed E-state index contributed by atoms with van der Waals surface area (Å²) in [5.41, 5.74) is 14.3. The quantitative estimate of drug-likeness (QED) is 0.0697. The second-order valence-electron chi connectivity index (χ2n) is 13.0. The van der Waals surface area contributed by atoms with Crippen LogP contribution in [0.25, 0.3) is 11.0 Å². The van der Waals surface area contributed by atoms with E-state index in [1.54, 1.807) is 18.4 Å². The first kappa shape index (κ1) is 39.9. The number of imidazole rings is 1. The van der Waals surface area contributed by atoms with Gasteiger partial charge in [-0.25, -0.2) is 19.9 Å². The Kier molecular flexibility index (Phi) is 11.8. The van der Waals surface area contributed by atoms with Gasteiger partial charge >= 0.3 is 0 Å². The van der Waals surface area contributed by atoms with E-state index in [-0.39, 0.29) is 66.4 Å². The van der Waals surface area contributed by atoms with Crippen molar-refractivity contribution in [1.29, 1.82) is 0 Å². The molecule has 298 valence electrons. The van der Waals surface area contributed by atoms with Crippen molar-refractivity contribution in [3.8, 4) is 11.5 Å². The first-order chi connectivity index (χ1) is 27.4. The number of benzene rings is 2. The number of nitrogens with zero attached hydrogens (tertiary/aromatic N) is 5. The summed E-state index contributed by atoms with van der Waals surface area (Å²) < 4.78 is 24.6. The molecule has 57 heavy (non-hydrogen) atoms. The number of aromatic nitrogens is 4. The number of aliphatic hydroxyl groups is 1. The summed E-state index contributed by atoms with van der Waals surface area (Å²) in [5.74, 6) is -1.28. The van der Waals surface area contributed by atoms with Gasteiger partial charge in [0.15, 0.2) is 11.8 Å². The van der Waals surface area contributed by atoms with Gasteiger partial charge in [-0.15, -0.1) is 0 Å². The van der Waals surface area contributed by atoms with Crippen molar-refractivity contribution in [3.63, 3.8) is 0 Å². The normalized spacial score (nSPS) is 13.5. The highest BCUT2D eigenvalue weighted by atomic mass is 16.5. The summed E-state index contributed by atoms with van der Waals surface area (Å²) in [5, 5.41) is 15.1. The van der Waals surface area contributed by atoms with Gasteiger partial charge in [0.1, 0.15) is 22.9 Å². The largest absolute Gasteiger partial charge is 0.496 e. The Morgan fingerprint density at radius 2 is 1.49 bits per heavy atom. The van der Waals surface area contributed by atoms with Crippen LogP contribution in [0, 0.1) is 13.8 Å². The number of carbonyl (C=O) groups excluding carboxylic acids is 4. The van der Waals surface area contributed by atoms with Crippen molar-refractivity contribution < 1.29 is 42.6 Å². The van der Waals surface area contributed by atoms with Crippen molar-refractivity contribution in [1.82, 2.24) is 24.8 Å². The molecular weight excluding hydrogens is 738 g/mol. The number of methoxy groups -OCH3 is 1. The molecule has 7 N–H and O–H groups in total. The third-order valence-electron chi connectivity index (χ3n) is 9.18. The van der Waals surface area contributed by atoms with E-state index in [1.165, 1.54) is 31.4 Å². The van der Waals surface area contributed by atoms with Gasteiger partial charge in [0, 0.05) is 50.1 Å². The van der Waals surface area contributed by atoms with Crippen molar-refractivity contribution in [2.45, 2.75) is 65.8 Å². The number of ether oxygens (including phenoxy) is 2. The highest BCUT2D eigenvalue weighted by molar-refractivity contribution is 6.11. The van der Waals surface area contributed by atoms with Gasteiger partial charge in [-0.2, -0.15) is 0 Å². The fourth-order valence-electron chi connectivity index (χ4n) is 6.58. The lowest BCUT2D eigenvalue weighted by Gasteiger charge is -2.17. The SMILES string of the molecule is CCc1nc(C)oc1C(=O)NC1=Nc2cc(C(N)=O)cc(OC)c2C1C/C=C/Cn1c(NC(=O)c2oc(C)nc2CC)nc2cc(C(N)=O)cc(OCCCO)c21. The second kappa shape index (κ2) is 16.9. The van der Waals surface area contributed by atoms with Crippen LogP contribution in [0.5, 0.6) is 11.5 Å². The summed E-state index contributed by atoms with van der Waals surface area (Å²) in [6, 6.07) is 6.05. The van der Waals surface area contributed by atoms with Crippen LogP contribution in [0.15, 0.2) is 50.2 Å². The molecular formula is C39H43N9O9. The zero-order valence-corrected chi connectivity index (χ0v) is 32.1. The van der Waals surface area contributed by atoms with Crippen molar-refractivity contribution in [3.05, 3.63) is 87.8 Å². The fourth-order valence-corrected chi connectivity index (χ4v) is 6.58. The molecule has 5 aromatic rings. The van der Waals surface area contributed by atoms with Gasteiger partial charge in [0.05, 0.1) is 42.2 Å². The van der Waals surface area contributed by atoms with E-state index in [0.29, 0.717) is 70.5 Å². The van der Waals surface area contributed by atoms with Crippen LogP contribution < -0.4 is 31.6 Å². The van der Waals surface area contributed by atoms with E-state index >= 15 is 0 Å². The standard InChI is InChI=1S/C39H43N9O9/c1-6-24-32(56-19(3)42-24)37(52)46-36-23(30-26(44-36)15-21(34(40)50)17-28(30)54-5)11-8-9-12-48-31-27(16-22(35(41)51)18-29(31)55-14-10-13-49)45-39(48)47-38(53)33-25(7-2)43-20(4)57-33/h8-9,15-18,23,49H,6-7,10-14H2,1-5H3,(H2,40,50)(H2,41,51)(H,44,46,52)(H,45,47,53)/b9-8+. The number of fused-ring (bicyclic) bond motifs is 2. The van der Waals surface area contributed by atoms with E-state index in [9.17, 15) is 24.3 Å². The minimum absolute atomic E-state index is 0.0372. The topological polar surface area (TPSA) is 265 Å². The lowest BCUT2D eigenvalue weighted by atomic mass is 9.93. The molecule has 2 aromatic carbocycles. The highest BCUT2D eigenvalue weighted by Gasteiger charge is 2.33. The Morgan fingerprint density at radius 1 is 0.877 bits per heavy atom. The molecule has 0 saturated heterocycles. The van der Waals surface area contributed by atoms with Gasteiger partial charge in [-0.1, -0.05) is 26.0 Å². The summed E-state index contributed by atoms with van der Waals surface area (Å²) >= 11 is 0. The van der Waals surface area contributed by atoms with Crippen molar-refractivity contribution in [2.24, 2.45) is 16.5 Å². The van der Waals surface area contributed by atoms with Crippen molar-refractivity contribution >= 4 is 52.1 Å². The number of hydrogen-bond donors (Lipinski definition) is 5. The number of amidine groups is 1. The maximum Gasteiger partial charge on any atom is 0.295 e. The number of nitrogens with two attached hydrogens (primary N) is 2. The highest BCUT2D eigenvalue weighted by Crippen LogP contribution is 2.44. The Hall–Kier alpha value is -6.82. The Labute approximate surface area is 326 Å². The van der Waals surface area contributed by atoms with E-state index in [0.717, 1.165) is 0 Å². The molecule has 0 fully saturated rings. The van der Waals surface area contributed by atoms with Gasteiger partial charge in [-0.3, -0.25) is 24.5 Å². The fraction of sp³-hybridized carbons (Fsp3) is 0.333. The summed E-state index contributed by atoms with van der Waals surface area (Å²) in [7, 11) is 1.46. The number of aryl methyl sites for hydroxylation is 4. The maximum absolute atomic E-state index is 13.6. The number of rotatable bonds is 16. The Balaban J connectivity index is 1.37. The Morgan fingerprint density at radius 3 is 2.09 bits per heavy atom. The second-order valence-corrected chi connectivity index (χ2v) is 13.0. The van der Waals surface area contributed by atoms with Crippen LogP contribution in [0.3, 0.4) is 0 Å². The molecule has 0 aliphatic carbocycles. The van der Waals surface area contributed by atoms with Crippen LogP contribution >= 0.6 is 0 Å². The van der Waals surface area contributed by atoms with Crippen LogP contribution in [0.1, 0.15) is 103 Å². The number of carbonyl (C=O) groups is 4. The molecule has 18 heteroatoms. The number of primary amides is 2. The van der Waals surface area contributed by atoms with E-state index in [4.69, 9.17) is 34.8 Å². The smallest absolute Gasteiger partial charge is 0.295 e. The molecule has 0 spiro atoms. The predicted molar refractivity (Wildman–Crippen MR) is 207 cm³/mol. The number of amides is 4. The van der Waals surface area contributed by atoms with Crippen LogP contribution in [-0.2, 0) is 19.4 Å². The van der Waals surface area contributed by atoms with E-state index in [2.05, 4.69) is 25.6 Å². The van der Waals surface area contributed by atoms with E-state index < -0.39 is 29.5 Å². The first-order valence-corrected chi connectivity index (χ1v) is 18.3. The lowest BCUT2D eigenvalue weighted by Crippen LogP contribution is -2.33. The third kappa shape index (κ3) is 8.25. The maximum atomic E-state index is 13.6. The predicted octanol–water partition coefficient (Wildman–Crippen LogP) is 4.18. The molecule has 1 atom stereocenters. The Bertz CT molecular complexity index is 2440. The number of oxazole rings is 2. The van der Waals surface area contributed by atoms with Crippen LogP contribution in [0.2, 0.25) is 0 Å². The molecule has 0 saturated carbocycles. The molecule has 3 aromatic heterocycles. The summed E-state index contributed by atoms with van der Waals surface area (Å²) in [6.07, 6.45) is 5.20. The molecule has 1 aliphatic rings. The molecule has 0 bridgehead atoms. The summed E-state index contributed by atoms with van der Waals surface area (Å²) in [6.45, 7) is 7.13. The number of nitrogens with one attached hydrogen (secondary N) is 2. The number of anilines is 1. The number of aliphatic hydroxyl groups excluding tert-OH is 1. The monoisotopic (exact) mass is 781 g/mol. The van der Waals surface area contributed by atoms with Gasteiger partial charge < -0.3 is 44.8 Å². The third-order valence-corrected chi connectivity index (χ3v) is 9.18. The molecule has 0 radical (unpaired) electrons. The average Bonchev–Trinajstić information content (AvgIpc) is 3.95. The minimum Gasteiger partial charge on any atom is -0.496 e. The molecule has 1 aliphatic heterocycles. The van der Waals surface area contributed by atoms with Crippen molar-refractivity contribution in [2.75, 3.05) is 25.6 Å². The van der Waals surface area contributed by atoms with Crippen LogP contribution in [0.4, 0.5) is 11.6 Å². The minimum atomic E-state index is -0.710. The lowest BCUT2D eigenvalue weighted by molar-refractivity contribution is 0.0944. The van der Waals surface area contributed by atoms with Gasteiger partial charge in [0.25, 0.3) is 11.8 Å². The number of allylic oxidation sites excluding steroid dienone is 2. The average molecular weight is 782 g/mol. The molecule has 1 unspecified atom stereocenters. The molecule has 18 nitrogen and oxygen atoms in total. The number of hydrogen-bond acceptors (Lipinski definition) is 13. The van der Waals surface area contributed by atoms with Crippen LogP contribution in [-0.4, -0.2) is 74.4 Å². The van der Waals surface area contributed by atoms with E-state index in [1.807, 2.05) is 26.0 Å². The zero-order valence-electron chi connectivity index (χ0n) is 32.1. The molecule has 4 amide bonds. The first-order valence-electron chi connectivity index (χ1n) is 18.3. The summed E-state index contributed by atoms with van der Waals surface area (Å²) in [4.78, 5) is 69.5. The molecule has 6 rings (SSSR count). The van der Waals surface area contributed by atoms with Gasteiger partial charge in [-0.05, 0) is 43.5 Å².